The van der Waals surface area contributed by atoms with Crippen LogP contribution in [0.4, 0.5) is 5.82 Å². The molecule has 1 aromatic heterocycles. The van der Waals surface area contributed by atoms with E-state index in [4.69, 9.17) is 5.11 Å². The van der Waals surface area contributed by atoms with Gasteiger partial charge in [-0.25, -0.2) is 9.78 Å². The van der Waals surface area contributed by atoms with Gasteiger partial charge in [-0.05, 0) is 51.5 Å². The van der Waals surface area contributed by atoms with Crippen LogP contribution in [0.15, 0.2) is 18.3 Å². The maximum absolute atomic E-state index is 10.9. The van der Waals surface area contributed by atoms with Gasteiger partial charge in [0.15, 0.2) is 0 Å². The number of carbonyl (C=O) groups is 1. The fourth-order valence-corrected chi connectivity index (χ4v) is 2.13. The number of hydrogen-bond donors (Lipinski definition) is 2. The van der Waals surface area contributed by atoms with Crippen LogP contribution < -0.4 is 5.32 Å². The Morgan fingerprint density at radius 1 is 1.45 bits per heavy atom. The summed E-state index contributed by atoms with van der Waals surface area (Å²) in [7, 11) is 0. The van der Waals surface area contributed by atoms with Crippen LogP contribution in [0.5, 0.6) is 0 Å². The Labute approximate surface area is 121 Å². The van der Waals surface area contributed by atoms with Crippen molar-refractivity contribution >= 4 is 11.8 Å². The zero-order chi connectivity index (χ0) is 15.0. The van der Waals surface area contributed by atoms with Gasteiger partial charge < -0.3 is 15.3 Å². The van der Waals surface area contributed by atoms with Crippen LogP contribution in [0.25, 0.3) is 0 Å². The van der Waals surface area contributed by atoms with E-state index in [1.807, 2.05) is 0 Å². The van der Waals surface area contributed by atoms with Crippen molar-refractivity contribution in [2.45, 2.75) is 39.7 Å². The monoisotopic (exact) mass is 279 g/mol. The molecule has 1 atom stereocenters. The lowest BCUT2D eigenvalue weighted by molar-refractivity contribution is 0.0697. The van der Waals surface area contributed by atoms with E-state index in [-0.39, 0.29) is 11.6 Å². The third-order valence-corrected chi connectivity index (χ3v) is 3.41. The molecule has 0 saturated heterocycles. The third-order valence-electron chi connectivity index (χ3n) is 3.41. The first kappa shape index (κ1) is 16.4. The predicted molar refractivity (Wildman–Crippen MR) is 81.3 cm³/mol. The standard InChI is InChI=1S/C15H25N3O2/c1-4-18(5-2)10-6-7-12(3)17-14-11-13(15(19)20)8-9-16-14/h8-9,11-12H,4-7,10H2,1-3H3,(H,16,17)(H,19,20). The van der Waals surface area contributed by atoms with Gasteiger partial charge in [0.25, 0.3) is 0 Å². The van der Waals surface area contributed by atoms with Gasteiger partial charge in [0.1, 0.15) is 5.82 Å². The topological polar surface area (TPSA) is 65.5 Å². The Morgan fingerprint density at radius 3 is 2.75 bits per heavy atom. The van der Waals surface area contributed by atoms with Gasteiger partial charge in [-0.1, -0.05) is 13.8 Å². The highest BCUT2D eigenvalue weighted by Gasteiger charge is 2.07. The Morgan fingerprint density at radius 2 is 2.15 bits per heavy atom. The van der Waals surface area contributed by atoms with Crippen molar-refractivity contribution in [1.29, 1.82) is 0 Å². The van der Waals surface area contributed by atoms with Gasteiger partial charge >= 0.3 is 5.97 Å². The van der Waals surface area contributed by atoms with Gasteiger partial charge in [0, 0.05) is 12.2 Å². The third kappa shape index (κ3) is 5.57. The molecule has 1 aromatic rings. The van der Waals surface area contributed by atoms with E-state index in [0.717, 1.165) is 32.5 Å². The SMILES string of the molecule is CCN(CC)CCCC(C)Nc1cc(C(=O)O)ccn1. The molecule has 0 bridgehead atoms. The highest BCUT2D eigenvalue weighted by atomic mass is 16.4. The van der Waals surface area contributed by atoms with Gasteiger partial charge in [-0.3, -0.25) is 0 Å². The van der Waals surface area contributed by atoms with Crippen LogP contribution in [0.1, 0.15) is 44.0 Å². The van der Waals surface area contributed by atoms with Gasteiger partial charge in [-0.15, -0.1) is 0 Å². The number of nitrogens with zero attached hydrogens (tertiary/aromatic N) is 2. The first-order chi connectivity index (χ1) is 9.56. The molecular formula is C15H25N3O2. The number of carboxylic acid groups (broad SMARTS) is 1. The van der Waals surface area contributed by atoms with E-state index in [2.05, 4.69) is 36.0 Å². The molecule has 0 aliphatic rings. The fourth-order valence-electron chi connectivity index (χ4n) is 2.13. The summed E-state index contributed by atoms with van der Waals surface area (Å²) in [6, 6.07) is 3.35. The van der Waals surface area contributed by atoms with Crippen LogP contribution in [0, 0.1) is 0 Å². The number of carboxylic acids is 1. The summed E-state index contributed by atoms with van der Waals surface area (Å²) in [5.74, 6) is -0.301. The fraction of sp³-hybridized carbons (Fsp3) is 0.600. The molecule has 0 saturated carbocycles. The maximum atomic E-state index is 10.9. The molecule has 112 valence electrons. The van der Waals surface area contributed by atoms with Crippen molar-refractivity contribution in [1.82, 2.24) is 9.88 Å². The zero-order valence-corrected chi connectivity index (χ0v) is 12.6. The van der Waals surface area contributed by atoms with Crippen LogP contribution in [0.3, 0.4) is 0 Å². The Balaban J connectivity index is 2.40. The summed E-state index contributed by atoms with van der Waals surface area (Å²) >= 11 is 0. The molecule has 0 radical (unpaired) electrons. The molecule has 0 amide bonds. The van der Waals surface area contributed by atoms with E-state index < -0.39 is 5.97 Å². The molecule has 0 aromatic carbocycles. The van der Waals surface area contributed by atoms with Crippen molar-refractivity contribution < 1.29 is 9.90 Å². The summed E-state index contributed by atoms with van der Waals surface area (Å²) in [5, 5.41) is 12.2. The Bertz CT molecular complexity index is 419. The van der Waals surface area contributed by atoms with Crippen molar-refractivity contribution in [2.24, 2.45) is 0 Å². The van der Waals surface area contributed by atoms with Crippen LogP contribution >= 0.6 is 0 Å². The second kappa shape index (κ2) is 8.53. The summed E-state index contributed by atoms with van der Waals surface area (Å²) in [4.78, 5) is 17.4. The zero-order valence-electron chi connectivity index (χ0n) is 12.6. The summed E-state index contributed by atoms with van der Waals surface area (Å²) in [5.41, 5.74) is 0.262. The molecule has 0 aliphatic heterocycles. The quantitative estimate of drug-likeness (QED) is 0.727. The average Bonchev–Trinajstić information content (AvgIpc) is 2.44. The molecule has 5 nitrogen and oxygen atoms in total. The van der Waals surface area contributed by atoms with E-state index in [9.17, 15) is 4.79 Å². The summed E-state index contributed by atoms with van der Waals surface area (Å²) in [6.45, 7) is 9.71. The average molecular weight is 279 g/mol. The van der Waals surface area contributed by atoms with E-state index in [1.165, 1.54) is 12.3 Å². The maximum Gasteiger partial charge on any atom is 0.335 e. The molecule has 0 fully saturated rings. The molecule has 2 N–H and O–H groups in total. The molecule has 0 aliphatic carbocycles. The van der Waals surface area contributed by atoms with E-state index >= 15 is 0 Å². The first-order valence-electron chi connectivity index (χ1n) is 7.25. The highest BCUT2D eigenvalue weighted by Crippen LogP contribution is 2.10. The minimum Gasteiger partial charge on any atom is -0.478 e. The number of rotatable bonds is 9. The Hall–Kier alpha value is -1.62. The van der Waals surface area contributed by atoms with Crippen molar-refractivity contribution in [3.05, 3.63) is 23.9 Å². The lowest BCUT2D eigenvalue weighted by atomic mass is 10.1. The van der Waals surface area contributed by atoms with E-state index in [1.54, 1.807) is 6.07 Å². The minimum atomic E-state index is -0.926. The van der Waals surface area contributed by atoms with Crippen molar-refractivity contribution in [3.8, 4) is 0 Å². The Kier molecular flexibility index (Phi) is 7.01. The lowest BCUT2D eigenvalue weighted by Gasteiger charge is -2.20. The molecule has 1 rings (SSSR count). The number of aromatic nitrogens is 1. The summed E-state index contributed by atoms with van der Waals surface area (Å²) < 4.78 is 0. The molecule has 1 heterocycles. The van der Waals surface area contributed by atoms with Crippen molar-refractivity contribution in [2.75, 3.05) is 25.0 Å². The second-order valence-corrected chi connectivity index (χ2v) is 4.95. The van der Waals surface area contributed by atoms with Gasteiger partial charge in [-0.2, -0.15) is 0 Å². The largest absolute Gasteiger partial charge is 0.478 e. The van der Waals surface area contributed by atoms with Crippen molar-refractivity contribution in [3.63, 3.8) is 0 Å². The smallest absolute Gasteiger partial charge is 0.335 e. The number of nitrogens with one attached hydrogen (secondary N) is 1. The number of aromatic carboxylic acids is 1. The molecule has 0 spiro atoms. The molecular weight excluding hydrogens is 254 g/mol. The number of anilines is 1. The second-order valence-electron chi connectivity index (χ2n) is 4.95. The normalized spacial score (nSPS) is 12.4. The van der Waals surface area contributed by atoms with Crippen LogP contribution in [-0.4, -0.2) is 46.6 Å². The van der Waals surface area contributed by atoms with Gasteiger partial charge in [0.2, 0.25) is 0 Å². The first-order valence-corrected chi connectivity index (χ1v) is 7.25. The molecule has 5 heteroatoms. The minimum absolute atomic E-state index is 0.262. The highest BCUT2D eigenvalue weighted by molar-refractivity contribution is 5.88. The molecule has 20 heavy (non-hydrogen) atoms. The number of pyridine rings is 1. The predicted octanol–water partition coefficient (Wildman–Crippen LogP) is 2.70. The van der Waals surface area contributed by atoms with Gasteiger partial charge in [0.05, 0.1) is 5.56 Å². The molecule has 1 unspecified atom stereocenters. The van der Waals surface area contributed by atoms with Crippen LogP contribution in [0.2, 0.25) is 0 Å². The van der Waals surface area contributed by atoms with E-state index in [0.29, 0.717) is 5.82 Å². The summed E-state index contributed by atoms with van der Waals surface area (Å²) in [6.07, 6.45) is 3.68. The van der Waals surface area contributed by atoms with Crippen LogP contribution in [-0.2, 0) is 0 Å². The number of hydrogen-bond acceptors (Lipinski definition) is 4. The lowest BCUT2D eigenvalue weighted by Crippen LogP contribution is -2.25.